The summed E-state index contributed by atoms with van der Waals surface area (Å²) in [7, 11) is 0. The summed E-state index contributed by atoms with van der Waals surface area (Å²) in [5, 5.41) is 3.70. The average Bonchev–Trinajstić information content (AvgIpc) is 2.88. The van der Waals surface area contributed by atoms with Crippen LogP contribution in [0.25, 0.3) is 11.0 Å². The molecule has 1 fully saturated rings. The van der Waals surface area contributed by atoms with Gasteiger partial charge in [-0.3, -0.25) is 0 Å². The molecule has 24 heavy (non-hydrogen) atoms. The first-order valence-corrected chi connectivity index (χ1v) is 9.62. The molecule has 0 spiro atoms. The molecule has 1 unspecified atom stereocenters. The molecule has 0 amide bonds. The molecule has 0 saturated carbocycles. The first-order valence-electron chi connectivity index (χ1n) is 9.62. The van der Waals surface area contributed by atoms with E-state index in [2.05, 4.69) is 53.8 Å². The van der Waals surface area contributed by atoms with Gasteiger partial charge in [0.05, 0.1) is 11.0 Å². The highest BCUT2D eigenvalue weighted by atomic mass is 15.2. The van der Waals surface area contributed by atoms with Crippen LogP contribution in [0.2, 0.25) is 0 Å². The second kappa shape index (κ2) is 6.49. The number of likely N-dealkylation sites (N-methyl/N-ethyl adjacent to an activating group) is 1. The number of aromatic nitrogens is 2. The van der Waals surface area contributed by atoms with Gasteiger partial charge < -0.3 is 14.8 Å². The molecule has 1 N–H and O–H groups in total. The summed E-state index contributed by atoms with van der Waals surface area (Å²) >= 11 is 0. The van der Waals surface area contributed by atoms with Crippen LogP contribution in [0.4, 0.5) is 0 Å². The number of nitrogens with one attached hydrogen (secondary N) is 1. The minimum atomic E-state index is 0.493. The SMILES string of the molecule is CCN1CCc2nc3cc([C@H]4CC[C@H](C)CN4)ccc3n2C(C)C1. The second-order valence-corrected chi connectivity index (χ2v) is 7.78. The molecule has 0 radical (unpaired) electrons. The molecule has 4 nitrogen and oxygen atoms in total. The van der Waals surface area contributed by atoms with Crippen molar-refractivity contribution < 1.29 is 0 Å². The minimum absolute atomic E-state index is 0.493. The molecule has 1 aromatic carbocycles. The van der Waals surface area contributed by atoms with Crippen molar-refractivity contribution in [3.63, 3.8) is 0 Å². The van der Waals surface area contributed by atoms with Crippen LogP contribution >= 0.6 is 0 Å². The van der Waals surface area contributed by atoms with Crippen LogP contribution in [0.15, 0.2) is 18.2 Å². The highest BCUT2D eigenvalue weighted by Gasteiger charge is 2.24. The lowest BCUT2D eigenvalue weighted by Crippen LogP contribution is -2.31. The largest absolute Gasteiger partial charge is 0.324 e. The first-order chi connectivity index (χ1) is 11.7. The molecule has 3 heterocycles. The molecule has 2 aliphatic heterocycles. The van der Waals surface area contributed by atoms with Crippen molar-refractivity contribution in [1.29, 1.82) is 0 Å². The fraction of sp³-hybridized carbons (Fsp3) is 0.650. The van der Waals surface area contributed by atoms with Gasteiger partial charge in [0.25, 0.3) is 0 Å². The Hall–Kier alpha value is -1.39. The van der Waals surface area contributed by atoms with Crippen molar-refractivity contribution in [2.75, 3.05) is 26.2 Å². The number of hydrogen-bond donors (Lipinski definition) is 1. The maximum Gasteiger partial charge on any atom is 0.111 e. The van der Waals surface area contributed by atoms with E-state index < -0.39 is 0 Å². The summed E-state index contributed by atoms with van der Waals surface area (Å²) in [6, 6.07) is 7.95. The van der Waals surface area contributed by atoms with Crippen LogP contribution in [0.5, 0.6) is 0 Å². The lowest BCUT2D eigenvalue weighted by atomic mass is 9.92. The highest BCUT2D eigenvalue weighted by Crippen LogP contribution is 2.30. The Balaban J connectivity index is 1.66. The summed E-state index contributed by atoms with van der Waals surface area (Å²) in [6.07, 6.45) is 3.61. The molecule has 2 aromatic rings. The van der Waals surface area contributed by atoms with Gasteiger partial charge in [0, 0.05) is 31.6 Å². The van der Waals surface area contributed by atoms with Gasteiger partial charge in [0.2, 0.25) is 0 Å². The van der Waals surface area contributed by atoms with E-state index in [-0.39, 0.29) is 0 Å². The summed E-state index contributed by atoms with van der Waals surface area (Å²) in [5.41, 5.74) is 3.90. The second-order valence-electron chi connectivity index (χ2n) is 7.78. The van der Waals surface area contributed by atoms with E-state index in [1.807, 2.05) is 0 Å². The third-order valence-corrected chi connectivity index (χ3v) is 5.91. The van der Waals surface area contributed by atoms with Crippen molar-refractivity contribution in [1.82, 2.24) is 19.8 Å². The van der Waals surface area contributed by atoms with E-state index in [4.69, 9.17) is 4.98 Å². The number of benzene rings is 1. The maximum absolute atomic E-state index is 5.01. The van der Waals surface area contributed by atoms with Crippen LogP contribution < -0.4 is 5.32 Å². The third kappa shape index (κ3) is 2.86. The number of nitrogens with zero attached hydrogens (tertiary/aromatic N) is 3. The van der Waals surface area contributed by atoms with Gasteiger partial charge in [-0.15, -0.1) is 0 Å². The molecule has 2 aliphatic rings. The monoisotopic (exact) mass is 326 g/mol. The quantitative estimate of drug-likeness (QED) is 0.916. The molecule has 4 heteroatoms. The molecule has 130 valence electrons. The molecule has 0 bridgehead atoms. The number of hydrogen-bond acceptors (Lipinski definition) is 3. The molecular weight excluding hydrogens is 296 g/mol. The number of imidazole rings is 1. The van der Waals surface area contributed by atoms with Crippen molar-refractivity contribution in [2.45, 2.75) is 52.1 Å². The Morgan fingerprint density at radius 2 is 2.12 bits per heavy atom. The van der Waals surface area contributed by atoms with Gasteiger partial charge in [-0.2, -0.15) is 0 Å². The van der Waals surface area contributed by atoms with Gasteiger partial charge in [-0.25, -0.2) is 4.98 Å². The molecule has 1 saturated heterocycles. The molecule has 4 rings (SSSR count). The molecule has 3 atom stereocenters. The third-order valence-electron chi connectivity index (χ3n) is 5.91. The van der Waals surface area contributed by atoms with Crippen LogP contribution in [0, 0.1) is 5.92 Å². The van der Waals surface area contributed by atoms with Gasteiger partial charge >= 0.3 is 0 Å². The van der Waals surface area contributed by atoms with Crippen molar-refractivity contribution in [3.05, 3.63) is 29.6 Å². The standard InChI is InChI=1S/C20H30N4/c1-4-23-10-9-20-22-18-11-16(17-7-5-14(2)12-21-17)6-8-19(18)24(20)15(3)13-23/h6,8,11,14-15,17,21H,4-5,7,9-10,12-13H2,1-3H3/t14-,15?,17+/m0/s1. The van der Waals surface area contributed by atoms with Gasteiger partial charge in [-0.1, -0.05) is 19.9 Å². The zero-order valence-electron chi connectivity index (χ0n) is 15.3. The predicted molar refractivity (Wildman–Crippen MR) is 99.4 cm³/mol. The smallest absolute Gasteiger partial charge is 0.111 e. The van der Waals surface area contributed by atoms with Crippen LogP contribution in [-0.4, -0.2) is 40.6 Å². The van der Waals surface area contributed by atoms with Crippen molar-refractivity contribution in [2.24, 2.45) is 5.92 Å². The predicted octanol–water partition coefficient (Wildman–Crippen LogP) is 3.54. The Morgan fingerprint density at radius 3 is 2.88 bits per heavy atom. The van der Waals surface area contributed by atoms with Crippen LogP contribution in [0.3, 0.4) is 0 Å². The fourth-order valence-corrected chi connectivity index (χ4v) is 4.43. The molecular formula is C20H30N4. The first kappa shape index (κ1) is 16.1. The lowest BCUT2D eigenvalue weighted by molar-refractivity contribution is 0.271. The Morgan fingerprint density at radius 1 is 1.25 bits per heavy atom. The van der Waals surface area contributed by atoms with E-state index in [1.54, 1.807) is 0 Å². The van der Waals surface area contributed by atoms with Gasteiger partial charge in [-0.05, 0) is 56.5 Å². The van der Waals surface area contributed by atoms with E-state index in [1.165, 1.54) is 35.3 Å². The zero-order chi connectivity index (χ0) is 16.7. The Bertz CT molecular complexity index is 712. The Kier molecular flexibility index (Phi) is 4.35. The Labute approximate surface area is 145 Å². The van der Waals surface area contributed by atoms with E-state index in [9.17, 15) is 0 Å². The summed E-state index contributed by atoms with van der Waals surface area (Å²) < 4.78 is 2.48. The van der Waals surface area contributed by atoms with Crippen LogP contribution in [-0.2, 0) is 6.42 Å². The van der Waals surface area contributed by atoms with E-state index in [0.717, 1.165) is 38.5 Å². The van der Waals surface area contributed by atoms with Crippen LogP contribution in [0.1, 0.15) is 57.1 Å². The number of rotatable bonds is 2. The summed E-state index contributed by atoms with van der Waals surface area (Å²) in [6.45, 7) is 11.4. The van der Waals surface area contributed by atoms with Gasteiger partial charge in [0.1, 0.15) is 5.82 Å². The molecule has 1 aromatic heterocycles. The lowest BCUT2D eigenvalue weighted by Gasteiger charge is -2.28. The fourth-order valence-electron chi connectivity index (χ4n) is 4.43. The number of fused-ring (bicyclic) bond motifs is 3. The van der Waals surface area contributed by atoms with Crippen molar-refractivity contribution >= 4 is 11.0 Å². The summed E-state index contributed by atoms with van der Waals surface area (Å²) in [4.78, 5) is 7.55. The van der Waals surface area contributed by atoms with Crippen molar-refractivity contribution in [3.8, 4) is 0 Å². The van der Waals surface area contributed by atoms with E-state index in [0.29, 0.717) is 12.1 Å². The zero-order valence-corrected chi connectivity index (χ0v) is 15.3. The maximum atomic E-state index is 5.01. The molecule has 0 aliphatic carbocycles. The minimum Gasteiger partial charge on any atom is -0.324 e. The highest BCUT2D eigenvalue weighted by molar-refractivity contribution is 5.77. The topological polar surface area (TPSA) is 33.1 Å². The normalized spacial score (nSPS) is 28.7. The average molecular weight is 326 g/mol. The summed E-state index contributed by atoms with van der Waals surface area (Å²) in [5.74, 6) is 2.06. The van der Waals surface area contributed by atoms with Gasteiger partial charge in [0.15, 0.2) is 0 Å². The number of piperidine rings is 1. The van der Waals surface area contributed by atoms with E-state index >= 15 is 0 Å².